The molecule has 2 heteroatoms. The first-order chi connectivity index (χ1) is 13.2. The smallest absolute Gasteiger partial charge is 0.107 e. The van der Waals surface area contributed by atoms with E-state index in [2.05, 4.69) is 73.5 Å². The van der Waals surface area contributed by atoms with Crippen LogP contribution in [0.3, 0.4) is 0 Å². The van der Waals surface area contributed by atoms with E-state index in [4.69, 9.17) is 0 Å². The van der Waals surface area contributed by atoms with Crippen molar-refractivity contribution in [2.24, 2.45) is 0 Å². The fourth-order valence-corrected chi connectivity index (χ4v) is 4.42. The Bertz CT molecular complexity index is 666. The molecule has 0 saturated heterocycles. The molecule has 0 heterocycles. The first-order valence-electron chi connectivity index (χ1n) is 10.6. The highest BCUT2D eigenvalue weighted by atomic mass is 19.1. The number of nitrogens with zero attached hydrogens (tertiary/aromatic N) is 1. The van der Waals surface area contributed by atoms with Crippen molar-refractivity contribution in [1.29, 1.82) is 0 Å². The second kappa shape index (κ2) is 10.0. The molecule has 146 valence electrons. The van der Waals surface area contributed by atoms with E-state index >= 15 is 0 Å². The van der Waals surface area contributed by atoms with Crippen molar-refractivity contribution < 1.29 is 4.39 Å². The summed E-state index contributed by atoms with van der Waals surface area (Å²) in [6.45, 7) is 3.38. The summed E-state index contributed by atoms with van der Waals surface area (Å²) in [5, 5.41) is 0. The SMILES string of the molecule is CCC(CCc1ccc(C2CCCC2F)cc1)N(C)CCc1ccccc1. The van der Waals surface area contributed by atoms with E-state index in [0.717, 1.165) is 38.6 Å². The van der Waals surface area contributed by atoms with Crippen LogP contribution in [0.1, 0.15) is 61.6 Å². The van der Waals surface area contributed by atoms with Crippen LogP contribution in [0, 0.1) is 0 Å². The lowest BCUT2D eigenvalue weighted by Crippen LogP contribution is -2.33. The van der Waals surface area contributed by atoms with Gasteiger partial charge in [-0.3, -0.25) is 0 Å². The van der Waals surface area contributed by atoms with E-state index < -0.39 is 6.17 Å². The average Bonchev–Trinajstić information content (AvgIpc) is 3.14. The van der Waals surface area contributed by atoms with E-state index in [-0.39, 0.29) is 5.92 Å². The predicted octanol–water partition coefficient (Wildman–Crippen LogP) is 6.18. The predicted molar refractivity (Wildman–Crippen MR) is 113 cm³/mol. The fraction of sp³-hybridized carbons (Fsp3) is 0.520. The highest BCUT2D eigenvalue weighted by Crippen LogP contribution is 2.36. The van der Waals surface area contributed by atoms with Gasteiger partial charge in [0.15, 0.2) is 0 Å². The number of hydrogen-bond donors (Lipinski definition) is 0. The van der Waals surface area contributed by atoms with E-state index in [1.165, 1.54) is 29.5 Å². The first-order valence-corrected chi connectivity index (χ1v) is 10.6. The molecule has 0 spiro atoms. The van der Waals surface area contributed by atoms with Crippen LogP contribution in [0.15, 0.2) is 54.6 Å². The van der Waals surface area contributed by atoms with Crippen LogP contribution >= 0.6 is 0 Å². The number of likely N-dealkylation sites (N-methyl/N-ethyl adjacent to an activating group) is 1. The Hall–Kier alpha value is -1.67. The molecule has 1 fully saturated rings. The molecule has 2 aromatic carbocycles. The number of alkyl halides is 1. The van der Waals surface area contributed by atoms with Crippen LogP contribution in [0.4, 0.5) is 4.39 Å². The molecule has 0 amide bonds. The van der Waals surface area contributed by atoms with Crippen LogP contribution in [-0.4, -0.2) is 30.7 Å². The third-order valence-corrected chi connectivity index (χ3v) is 6.30. The molecular formula is C25H34FN. The molecule has 1 aliphatic rings. The van der Waals surface area contributed by atoms with Gasteiger partial charge < -0.3 is 4.90 Å². The summed E-state index contributed by atoms with van der Waals surface area (Å²) < 4.78 is 14.0. The van der Waals surface area contributed by atoms with Gasteiger partial charge in [0.05, 0.1) is 0 Å². The molecule has 3 atom stereocenters. The highest BCUT2D eigenvalue weighted by molar-refractivity contribution is 5.27. The Balaban J connectivity index is 1.48. The molecule has 1 nitrogen and oxygen atoms in total. The van der Waals surface area contributed by atoms with Crippen molar-refractivity contribution in [3.8, 4) is 0 Å². The van der Waals surface area contributed by atoms with E-state index in [9.17, 15) is 4.39 Å². The Morgan fingerprint density at radius 2 is 1.67 bits per heavy atom. The lowest BCUT2D eigenvalue weighted by Gasteiger charge is -2.27. The number of rotatable bonds is 9. The van der Waals surface area contributed by atoms with Gasteiger partial charge in [-0.05, 0) is 68.7 Å². The van der Waals surface area contributed by atoms with Crippen LogP contribution < -0.4 is 0 Å². The molecule has 2 aromatic rings. The van der Waals surface area contributed by atoms with Crippen molar-refractivity contribution >= 4 is 0 Å². The van der Waals surface area contributed by atoms with Gasteiger partial charge in [0.2, 0.25) is 0 Å². The molecule has 0 aliphatic heterocycles. The van der Waals surface area contributed by atoms with Crippen LogP contribution in [-0.2, 0) is 12.8 Å². The molecule has 3 unspecified atom stereocenters. The molecule has 3 rings (SSSR count). The Morgan fingerprint density at radius 1 is 0.963 bits per heavy atom. The zero-order chi connectivity index (χ0) is 19.1. The zero-order valence-electron chi connectivity index (χ0n) is 16.9. The first kappa shape index (κ1) is 20.1. The van der Waals surface area contributed by atoms with E-state index in [1.807, 2.05) is 0 Å². The third-order valence-electron chi connectivity index (χ3n) is 6.30. The standard InChI is InChI=1S/C25H34FN/c1-3-23(27(2)19-18-20-8-5-4-6-9-20)17-14-21-12-15-22(16-13-21)24-10-7-11-25(24)26/h4-6,8-9,12-13,15-16,23-25H,3,7,10-11,14,17-19H2,1-2H3. The molecule has 1 aliphatic carbocycles. The lowest BCUT2D eigenvalue weighted by atomic mass is 9.94. The fourth-order valence-electron chi connectivity index (χ4n) is 4.42. The van der Waals surface area contributed by atoms with Gasteiger partial charge >= 0.3 is 0 Å². The van der Waals surface area contributed by atoms with Gasteiger partial charge in [0.1, 0.15) is 6.17 Å². The van der Waals surface area contributed by atoms with Crippen LogP contribution in [0.25, 0.3) is 0 Å². The number of benzene rings is 2. The van der Waals surface area contributed by atoms with Crippen LogP contribution in [0.5, 0.6) is 0 Å². The summed E-state index contributed by atoms with van der Waals surface area (Å²) in [5.74, 6) is 0.131. The Morgan fingerprint density at radius 3 is 2.30 bits per heavy atom. The minimum absolute atomic E-state index is 0.131. The normalized spacial score (nSPS) is 20.9. The van der Waals surface area contributed by atoms with Gasteiger partial charge in [0, 0.05) is 18.5 Å². The van der Waals surface area contributed by atoms with Crippen LogP contribution in [0.2, 0.25) is 0 Å². The van der Waals surface area contributed by atoms with Gasteiger partial charge in [0.25, 0.3) is 0 Å². The number of aryl methyl sites for hydroxylation is 1. The maximum atomic E-state index is 14.0. The summed E-state index contributed by atoms with van der Waals surface area (Å²) in [7, 11) is 2.25. The zero-order valence-corrected chi connectivity index (χ0v) is 16.9. The highest BCUT2D eigenvalue weighted by Gasteiger charge is 2.28. The third kappa shape index (κ3) is 5.65. The summed E-state index contributed by atoms with van der Waals surface area (Å²) in [6.07, 6.45) is 6.68. The maximum absolute atomic E-state index is 14.0. The van der Waals surface area contributed by atoms with Crippen molar-refractivity contribution in [2.45, 2.75) is 70.0 Å². The lowest BCUT2D eigenvalue weighted by molar-refractivity contribution is 0.227. The molecule has 1 saturated carbocycles. The molecule has 27 heavy (non-hydrogen) atoms. The second-order valence-electron chi connectivity index (χ2n) is 8.11. The largest absolute Gasteiger partial charge is 0.303 e. The van der Waals surface area contributed by atoms with E-state index in [1.54, 1.807) is 0 Å². The molecule has 0 N–H and O–H groups in total. The molecule has 0 radical (unpaired) electrons. The Labute approximate surface area is 164 Å². The number of halogens is 1. The molecular weight excluding hydrogens is 333 g/mol. The van der Waals surface area contributed by atoms with Crippen molar-refractivity contribution in [2.75, 3.05) is 13.6 Å². The quantitative estimate of drug-likeness (QED) is 0.512. The Kier molecular flexibility index (Phi) is 7.46. The summed E-state index contributed by atoms with van der Waals surface area (Å²) in [4.78, 5) is 2.51. The monoisotopic (exact) mass is 367 g/mol. The maximum Gasteiger partial charge on any atom is 0.107 e. The van der Waals surface area contributed by atoms with Crippen molar-refractivity contribution in [3.05, 3.63) is 71.3 Å². The molecule has 0 aromatic heterocycles. The van der Waals surface area contributed by atoms with Crippen molar-refractivity contribution in [3.63, 3.8) is 0 Å². The molecule has 0 bridgehead atoms. The second-order valence-corrected chi connectivity index (χ2v) is 8.11. The van der Waals surface area contributed by atoms with Gasteiger partial charge in [-0.2, -0.15) is 0 Å². The summed E-state index contributed by atoms with van der Waals surface area (Å²) in [5.41, 5.74) is 3.98. The van der Waals surface area contributed by atoms with Crippen molar-refractivity contribution in [1.82, 2.24) is 4.90 Å². The van der Waals surface area contributed by atoms with E-state index in [0.29, 0.717) is 6.04 Å². The summed E-state index contributed by atoms with van der Waals surface area (Å²) >= 11 is 0. The minimum atomic E-state index is -0.640. The number of hydrogen-bond acceptors (Lipinski definition) is 1. The minimum Gasteiger partial charge on any atom is -0.303 e. The summed E-state index contributed by atoms with van der Waals surface area (Å²) in [6, 6.07) is 20.1. The average molecular weight is 368 g/mol. The van der Waals surface area contributed by atoms with Gasteiger partial charge in [-0.15, -0.1) is 0 Å². The topological polar surface area (TPSA) is 3.24 Å². The van der Waals surface area contributed by atoms with Gasteiger partial charge in [-0.1, -0.05) is 61.5 Å². The van der Waals surface area contributed by atoms with Gasteiger partial charge in [-0.25, -0.2) is 4.39 Å².